The van der Waals surface area contributed by atoms with Gasteiger partial charge in [0, 0.05) is 19.2 Å². The van der Waals surface area contributed by atoms with Gasteiger partial charge in [0.1, 0.15) is 0 Å². The van der Waals surface area contributed by atoms with Gasteiger partial charge in [0.05, 0.1) is 18.4 Å². The van der Waals surface area contributed by atoms with E-state index in [2.05, 4.69) is 0 Å². The third kappa shape index (κ3) is 3.50. The van der Waals surface area contributed by atoms with Crippen LogP contribution in [0.1, 0.15) is 16.8 Å². The van der Waals surface area contributed by atoms with E-state index in [9.17, 15) is 9.59 Å². The first-order chi connectivity index (χ1) is 8.61. The quantitative estimate of drug-likeness (QED) is 0.767. The summed E-state index contributed by atoms with van der Waals surface area (Å²) in [5.41, 5.74) is 0.982. The molecule has 0 aliphatic carbocycles. The van der Waals surface area contributed by atoms with Crippen molar-refractivity contribution >= 4 is 29.3 Å². The molecule has 4 nitrogen and oxygen atoms in total. The van der Waals surface area contributed by atoms with Crippen LogP contribution in [0.2, 0.25) is 0 Å². The first-order valence-electron chi connectivity index (χ1n) is 5.54. The standard InChI is InChI=1S/C13H17NO3S/c1-14(12(15)8-9-18-3)11-7-5-4-6-10(11)13(16)17-2/h4-7H,8-9H2,1-3H3. The molecule has 0 saturated heterocycles. The van der Waals surface area contributed by atoms with Crippen LogP contribution in [0.5, 0.6) is 0 Å². The molecule has 0 aliphatic rings. The fourth-order valence-corrected chi connectivity index (χ4v) is 1.92. The number of amides is 1. The number of anilines is 1. The number of hydrogen-bond donors (Lipinski definition) is 0. The van der Waals surface area contributed by atoms with Crippen LogP contribution in [0.3, 0.4) is 0 Å². The van der Waals surface area contributed by atoms with Gasteiger partial charge in [-0.15, -0.1) is 0 Å². The fourth-order valence-electron chi connectivity index (χ4n) is 1.54. The zero-order valence-corrected chi connectivity index (χ0v) is 11.6. The van der Waals surface area contributed by atoms with Gasteiger partial charge in [0.25, 0.3) is 0 Å². The van der Waals surface area contributed by atoms with Crippen molar-refractivity contribution in [2.24, 2.45) is 0 Å². The Balaban J connectivity index is 2.94. The zero-order chi connectivity index (χ0) is 13.5. The molecule has 0 aromatic heterocycles. The predicted molar refractivity (Wildman–Crippen MR) is 74.2 cm³/mol. The molecule has 1 amide bonds. The maximum absolute atomic E-state index is 11.9. The van der Waals surface area contributed by atoms with Gasteiger partial charge in [-0.2, -0.15) is 11.8 Å². The number of esters is 1. The van der Waals surface area contributed by atoms with Gasteiger partial charge in [0.2, 0.25) is 5.91 Å². The molecule has 1 aromatic rings. The largest absolute Gasteiger partial charge is 0.465 e. The van der Waals surface area contributed by atoms with Gasteiger partial charge in [0.15, 0.2) is 0 Å². The minimum Gasteiger partial charge on any atom is -0.465 e. The van der Waals surface area contributed by atoms with Crippen LogP contribution in [0.25, 0.3) is 0 Å². The molecular weight excluding hydrogens is 250 g/mol. The van der Waals surface area contributed by atoms with Gasteiger partial charge in [-0.3, -0.25) is 4.79 Å². The van der Waals surface area contributed by atoms with E-state index in [1.165, 1.54) is 12.0 Å². The number of thioether (sulfide) groups is 1. The molecule has 0 N–H and O–H groups in total. The monoisotopic (exact) mass is 267 g/mol. The van der Waals surface area contributed by atoms with Gasteiger partial charge in [-0.25, -0.2) is 4.79 Å². The van der Waals surface area contributed by atoms with E-state index in [1.807, 2.05) is 6.26 Å². The lowest BCUT2D eigenvalue weighted by atomic mass is 10.1. The molecule has 98 valence electrons. The normalized spacial score (nSPS) is 9.94. The van der Waals surface area contributed by atoms with E-state index < -0.39 is 5.97 Å². The van der Waals surface area contributed by atoms with E-state index in [0.717, 1.165) is 5.75 Å². The summed E-state index contributed by atoms with van der Waals surface area (Å²) in [6.45, 7) is 0. The number of benzene rings is 1. The number of carbonyl (C=O) groups is 2. The predicted octanol–water partition coefficient (Wildman–Crippen LogP) is 2.19. The molecule has 0 radical (unpaired) electrons. The van der Waals surface area contributed by atoms with Gasteiger partial charge in [-0.1, -0.05) is 12.1 Å². The molecule has 1 rings (SSSR count). The van der Waals surface area contributed by atoms with Gasteiger partial charge >= 0.3 is 5.97 Å². The van der Waals surface area contributed by atoms with Crippen LogP contribution in [0.4, 0.5) is 5.69 Å². The summed E-state index contributed by atoms with van der Waals surface area (Å²) in [6.07, 6.45) is 2.41. The maximum Gasteiger partial charge on any atom is 0.339 e. The molecule has 0 aliphatic heterocycles. The lowest BCUT2D eigenvalue weighted by Crippen LogP contribution is -2.28. The second-order valence-electron chi connectivity index (χ2n) is 3.70. The Labute approximate surface area is 111 Å². The van der Waals surface area contributed by atoms with Crippen molar-refractivity contribution in [3.63, 3.8) is 0 Å². The second-order valence-corrected chi connectivity index (χ2v) is 4.69. The Hall–Kier alpha value is -1.49. The van der Waals surface area contributed by atoms with E-state index in [-0.39, 0.29) is 5.91 Å². The summed E-state index contributed by atoms with van der Waals surface area (Å²) in [4.78, 5) is 25.0. The molecule has 5 heteroatoms. The van der Waals surface area contributed by atoms with Crippen LogP contribution < -0.4 is 4.90 Å². The van der Waals surface area contributed by atoms with Crippen LogP contribution in [0.15, 0.2) is 24.3 Å². The lowest BCUT2D eigenvalue weighted by molar-refractivity contribution is -0.117. The molecule has 0 bridgehead atoms. The number of para-hydroxylation sites is 1. The third-order valence-electron chi connectivity index (χ3n) is 2.56. The zero-order valence-electron chi connectivity index (χ0n) is 10.8. The molecule has 0 saturated carbocycles. The van der Waals surface area contributed by atoms with Crippen molar-refractivity contribution in [2.45, 2.75) is 6.42 Å². The van der Waals surface area contributed by atoms with Crippen molar-refractivity contribution in [1.82, 2.24) is 0 Å². The van der Waals surface area contributed by atoms with Crippen LogP contribution >= 0.6 is 11.8 Å². The number of ether oxygens (including phenoxy) is 1. The molecule has 0 spiro atoms. The van der Waals surface area contributed by atoms with Gasteiger partial charge in [-0.05, 0) is 18.4 Å². The van der Waals surface area contributed by atoms with E-state index in [0.29, 0.717) is 17.7 Å². The van der Waals surface area contributed by atoms with Crippen molar-refractivity contribution < 1.29 is 14.3 Å². The summed E-state index contributed by atoms with van der Waals surface area (Å²) >= 11 is 1.62. The van der Waals surface area contributed by atoms with Crippen LogP contribution in [-0.2, 0) is 9.53 Å². The lowest BCUT2D eigenvalue weighted by Gasteiger charge is -2.19. The number of methoxy groups -OCH3 is 1. The SMILES string of the molecule is COC(=O)c1ccccc1N(C)C(=O)CCSC. The minimum atomic E-state index is -0.435. The van der Waals surface area contributed by atoms with Gasteiger partial charge < -0.3 is 9.64 Å². The molecule has 0 atom stereocenters. The Morgan fingerprint density at radius 2 is 2.00 bits per heavy atom. The van der Waals surface area contributed by atoms with Crippen molar-refractivity contribution in [3.05, 3.63) is 29.8 Å². The highest BCUT2D eigenvalue weighted by Gasteiger charge is 2.18. The van der Waals surface area contributed by atoms with E-state index in [4.69, 9.17) is 4.74 Å². The van der Waals surface area contributed by atoms with E-state index in [1.54, 1.807) is 43.1 Å². The summed E-state index contributed by atoms with van der Waals surface area (Å²) < 4.78 is 4.71. The number of rotatable bonds is 5. The average molecular weight is 267 g/mol. The van der Waals surface area contributed by atoms with Crippen molar-refractivity contribution in [2.75, 3.05) is 31.1 Å². The Kier molecular flexibility index (Phi) is 5.71. The first kappa shape index (κ1) is 14.6. The fraction of sp³-hybridized carbons (Fsp3) is 0.385. The minimum absolute atomic E-state index is 0.0132. The van der Waals surface area contributed by atoms with Crippen molar-refractivity contribution in [3.8, 4) is 0 Å². The summed E-state index contributed by atoms with van der Waals surface area (Å²) in [5.74, 6) is 0.319. The molecule has 0 unspecified atom stereocenters. The highest BCUT2D eigenvalue weighted by molar-refractivity contribution is 7.98. The summed E-state index contributed by atoms with van der Waals surface area (Å²) in [6, 6.07) is 6.93. The number of hydrogen-bond acceptors (Lipinski definition) is 4. The molecule has 1 aromatic carbocycles. The second kappa shape index (κ2) is 7.06. The number of nitrogens with zero attached hydrogens (tertiary/aromatic N) is 1. The average Bonchev–Trinajstić information content (AvgIpc) is 2.43. The van der Waals surface area contributed by atoms with Crippen LogP contribution in [-0.4, -0.2) is 38.0 Å². The topological polar surface area (TPSA) is 46.6 Å². The maximum atomic E-state index is 11.9. The first-order valence-corrected chi connectivity index (χ1v) is 6.94. The Morgan fingerprint density at radius 3 is 2.61 bits per heavy atom. The summed E-state index contributed by atoms with van der Waals surface area (Å²) in [5, 5.41) is 0. The van der Waals surface area contributed by atoms with E-state index >= 15 is 0 Å². The smallest absolute Gasteiger partial charge is 0.339 e. The highest BCUT2D eigenvalue weighted by Crippen LogP contribution is 2.20. The van der Waals surface area contributed by atoms with Crippen LogP contribution in [0, 0.1) is 0 Å². The molecule has 18 heavy (non-hydrogen) atoms. The Morgan fingerprint density at radius 1 is 1.33 bits per heavy atom. The molecule has 0 fully saturated rings. The van der Waals surface area contributed by atoms with Crippen molar-refractivity contribution in [1.29, 1.82) is 0 Å². The molecule has 0 heterocycles. The number of carbonyl (C=O) groups excluding carboxylic acids is 2. The molecular formula is C13H17NO3S. The Bertz CT molecular complexity index is 434. The third-order valence-corrected chi connectivity index (χ3v) is 3.18. The summed E-state index contributed by atoms with van der Waals surface area (Å²) in [7, 11) is 3.00. The highest BCUT2D eigenvalue weighted by atomic mass is 32.2.